The molecule has 1 saturated heterocycles. The molecular formula is C21H25N3O3. The number of anilines is 1. The molecule has 1 amide bonds. The van der Waals surface area contributed by atoms with Gasteiger partial charge in [0.25, 0.3) is 5.91 Å². The second-order valence-electron chi connectivity index (χ2n) is 7.15. The summed E-state index contributed by atoms with van der Waals surface area (Å²) in [5, 5.41) is 12.1. The lowest BCUT2D eigenvalue weighted by molar-refractivity contribution is -0.142. The van der Waals surface area contributed by atoms with Crippen LogP contribution in [-0.4, -0.2) is 40.0 Å². The minimum Gasteiger partial charge on any atom is -0.481 e. The third-order valence-corrected chi connectivity index (χ3v) is 4.90. The van der Waals surface area contributed by atoms with Gasteiger partial charge in [-0.3, -0.25) is 19.5 Å². The molecule has 1 aliphatic rings. The molecule has 0 saturated carbocycles. The van der Waals surface area contributed by atoms with Gasteiger partial charge in [0.15, 0.2) is 0 Å². The summed E-state index contributed by atoms with van der Waals surface area (Å²) in [5.41, 5.74) is 3.33. The largest absolute Gasteiger partial charge is 0.481 e. The van der Waals surface area contributed by atoms with Crippen LogP contribution in [0.3, 0.4) is 0 Å². The highest BCUT2D eigenvalue weighted by atomic mass is 16.4. The van der Waals surface area contributed by atoms with Crippen LogP contribution in [0.5, 0.6) is 0 Å². The van der Waals surface area contributed by atoms with Crippen LogP contribution in [0.15, 0.2) is 42.7 Å². The molecule has 27 heavy (non-hydrogen) atoms. The smallest absolute Gasteiger partial charge is 0.306 e. The number of nitrogens with zero attached hydrogens (tertiary/aromatic N) is 2. The molecular weight excluding hydrogens is 342 g/mol. The number of carboxylic acid groups (broad SMARTS) is 1. The first-order chi connectivity index (χ1) is 13.0. The Morgan fingerprint density at radius 2 is 2.07 bits per heavy atom. The Morgan fingerprint density at radius 1 is 1.22 bits per heavy atom. The van der Waals surface area contributed by atoms with Crippen LogP contribution in [0.1, 0.15) is 40.7 Å². The van der Waals surface area contributed by atoms with Gasteiger partial charge in [0.2, 0.25) is 0 Å². The number of amides is 1. The Bertz CT molecular complexity index is 822. The second kappa shape index (κ2) is 8.77. The van der Waals surface area contributed by atoms with Gasteiger partial charge >= 0.3 is 5.97 Å². The van der Waals surface area contributed by atoms with Crippen molar-refractivity contribution in [3.05, 3.63) is 59.4 Å². The Kier molecular flexibility index (Phi) is 6.19. The SMILES string of the molecule is Cc1cncc(C(=O)Nc2cccc(CN3CCCC(C(=O)O)CC3)c2)c1. The predicted octanol–water partition coefficient (Wildman–Crippen LogP) is 3.33. The average molecular weight is 367 g/mol. The number of likely N-dealkylation sites (tertiary alicyclic amines) is 1. The molecule has 0 radical (unpaired) electrons. The number of aryl methyl sites for hydroxylation is 1. The third kappa shape index (κ3) is 5.37. The Hall–Kier alpha value is -2.73. The van der Waals surface area contributed by atoms with Gasteiger partial charge in [-0.15, -0.1) is 0 Å². The van der Waals surface area contributed by atoms with E-state index < -0.39 is 5.97 Å². The summed E-state index contributed by atoms with van der Waals surface area (Å²) in [6, 6.07) is 9.61. The fourth-order valence-corrected chi connectivity index (χ4v) is 3.45. The van der Waals surface area contributed by atoms with Crippen molar-refractivity contribution >= 4 is 17.6 Å². The van der Waals surface area contributed by atoms with Crippen LogP contribution in [0.2, 0.25) is 0 Å². The van der Waals surface area contributed by atoms with E-state index >= 15 is 0 Å². The van der Waals surface area contributed by atoms with Crippen LogP contribution in [0, 0.1) is 12.8 Å². The quantitative estimate of drug-likeness (QED) is 0.847. The summed E-state index contributed by atoms with van der Waals surface area (Å²) in [7, 11) is 0. The number of aromatic nitrogens is 1. The number of nitrogens with one attached hydrogen (secondary N) is 1. The zero-order chi connectivity index (χ0) is 19.2. The summed E-state index contributed by atoms with van der Waals surface area (Å²) in [6.45, 7) is 4.33. The van der Waals surface area contributed by atoms with Gasteiger partial charge in [-0.25, -0.2) is 0 Å². The summed E-state index contributed by atoms with van der Waals surface area (Å²) in [6.07, 6.45) is 5.60. The van der Waals surface area contributed by atoms with E-state index in [0.29, 0.717) is 12.0 Å². The Balaban J connectivity index is 1.62. The summed E-state index contributed by atoms with van der Waals surface area (Å²) >= 11 is 0. The highest BCUT2D eigenvalue weighted by molar-refractivity contribution is 6.04. The average Bonchev–Trinajstić information content (AvgIpc) is 2.88. The molecule has 0 aliphatic carbocycles. The number of aliphatic carboxylic acids is 1. The van der Waals surface area contributed by atoms with Crippen molar-refractivity contribution in [3.63, 3.8) is 0 Å². The van der Waals surface area contributed by atoms with Crippen LogP contribution < -0.4 is 5.32 Å². The normalized spacial score (nSPS) is 17.9. The fraction of sp³-hybridized carbons (Fsp3) is 0.381. The molecule has 6 nitrogen and oxygen atoms in total. The number of rotatable bonds is 5. The third-order valence-electron chi connectivity index (χ3n) is 4.90. The number of hydrogen-bond donors (Lipinski definition) is 2. The predicted molar refractivity (Wildman–Crippen MR) is 104 cm³/mol. The fourth-order valence-electron chi connectivity index (χ4n) is 3.45. The molecule has 3 rings (SSSR count). The maximum absolute atomic E-state index is 12.4. The van der Waals surface area contributed by atoms with E-state index in [2.05, 4.69) is 15.2 Å². The number of carbonyl (C=O) groups excluding carboxylic acids is 1. The maximum Gasteiger partial charge on any atom is 0.306 e. The zero-order valence-electron chi connectivity index (χ0n) is 15.5. The molecule has 1 aromatic heterocycles. The van der Waals surface area contributed by atoms with Crippen molar-refractivity contribution < 1.29 is 14.7 Å². The van der Waals surface area contributed by atoms with Crippen molar-refractivity contribution in [3.8, 4) is 0 Å². The first-order valence-electron chi connectivity index (χ1n) is 9.28. The molecule has 1 aliphatic heterocycles. The van der Waals surface area contributed by atoms with Gasteiger partial charge in [0.1, 0.15) is 0 Å². The minimum atomic E-state index is -0.688. The van der Waals surface area contributed by atoms with E-state index in [9.17, 15) is 14.7 Å². The summed E-state index contributed by atoms with van der Waals surface area (Å²) in [4.78, 5) is 29.9. The Labute approximate surface area is 159 Å². The monoisotopic (exact) mass is 367 g/mol. The number of carbonyl (C=O) groups is 2. The molecule has 1 aromatic carbocycles. The van der Waals surface area contributed by atoms with Crippen LogP contribution >= 0.6 is 0 Å². The molecule has 142 valence electrons. The van der Waals surface area contributed by atoms with Gasteiger partial charge in [-0.1, -0.05) is 12.1 Å². The molecule has 0 spiro atoms. The summed E-state index contributed by atoms with van der Waals surface area (Å²) in [5.74, 6) is -1.10. The van der Waals surface area contributed by atoms with E-state index in [0.717, 1.165) is 49.3 Å². The number of pyridine rings is 1. The van der Waals surface area contributed by atoms with Crippen LogP contribution in [0.25, 0.3) is 0 Å². The molecule has 1 fully saturated rings. The second-order valence-corrected chi connectivity index (χ2v) is 7.15. The molecule has 2 heterocycles. The number of benzene rings is 1. The van der Waals surface area contributed by atoms with E-state index in [4.69, 9.17) is 0 Å². The van der Waals surface area contributed by atoms with Crippen molar-refractivity contribution in [1.82, 2.24) is 9.88 Å². The van der Waals surface area contributed by atoms with E-state index in [1.54, 1.807) is 12.4 Å². The van der Waals surface area contributed by atoms with Crippen molar-refractivity contribution in [2.24, 2.45) is 5.92 Å². The topological polar surface area (TPSA) is 82.5 Å². The minimum absolute atomic E-state index is 0.178. The van der Waals surface area contributed by atoms with Crippen molar-refractivity contribution in [1.29, 1.82) is 0 Å². The van der Waals surface area contributed by atoms with Crippen LogP contribution in [0.4, 0.5) is 5.69 Å². The van der Waals surface area contributed by atoms with Gasteiger partial charge in [0.05, 0.1) is 11.5 Å². The van der Waals surface area contributed by atoms with E-state index in [1.807, 2.05) is 37.3 Å². The molecule has 2 N–H and O–H groups in total. The van der Waals surface area contributed by atoms with Gasteiger partial charge in [-0.05, 0) is 68.6 Å². The molecule has 0 bridgehead atoms. The number of hydrogen-bond acceptors (Lipinski definition) is 4. The molecule has 2 aromatic rings. The lowest BCUT2D eigenvalue weighted by atomic mass is 10.0. The first-order valence-corrected chi connectivity index (χ1v) is 9.28. The van der Waals surface area contributed by atoms with Crippen molar-refractivity contribution in [2.75, 3.05) is 18.4 Å². The highest BCUT2D eigenvalue weighted by Crippen LogP contribution is 2.20. The van der Waals surface area contributed by atoms with Gasteiger partial charge in [0, 0.05) is 24.6 Å². The lowest BCUT2D eigenvalue weighted by Crippen LogP contribution is -2.25. The molecule has 1 atom stereocenters. The summed E-state index contributed by atoms with van der Waals surface area (Å²) < 4.78 is 0. The Morgan fingerprint density at radius 3 is 2.85 bits per heavy atom. The molecule has 6 heteroatoms. The van der Waals surface area contributed by atoms with E-state index in [-0.39, 0.29) is 11.8 Å². The highest BCUT2D eigenvalue weighted by Gasteiger charge is 2.22. The first kappa shape index (κ1) is 19.0. The van der Waals surface area contributed by atoms with Crippen LogP contribution in [-0.2, 0) is 11.3 Å². The maximum atomic E-state index is 12.4. The lowest BCUT2D eigenvalue weighted by Gasteiger charge is -2.20. The molecule has 1 unspecified atom stereocenters. The van der Waals surface area contributed by atoms with Gasteiger partial charge in [-0.2, -0.15) is 0 Å². The van der Waals surface area contributed by atoms with E-state index in [1.165, 1.54) is 0 Å². The van der Waals surface area contributed by atoms with Crippen molar-refractivity contribution in [2.45, 2.75) is 32.7 Å². The zero-order valence-corrected chi connectivity index (χ0v) is 15.5. The number of carboxylic acids is 1. The standard InChI is InChI=1S/C21H25N3O3/c1-15-10-18(13-22-12-15)20(25)23-19-6-2-4-16(11-19)14-24-8-3-5-17(7-9-24)21(26)27/h2,4,6,10-13,17H,3,5,7-9,14H2,1H3,(H,23,25)(H,26,27). The van der Waals surface area contributed by atoms with Gasteiger partial charge < -0.3 is 10.4 Å².